The minimum atomic E-state index is -1.40. The zero-order valence-electron chi connectivity index (χ0n) is 17.6. The molecule has 1 aromatic heterocycles. The van der Waals surface area contributed by atoms with Crippen LogP contribution in [0.1, 0.15) is 11.1 Å². The molecule has 7 rings (SSSR count). The molecule has 158 valence electrons. The smallest absolute Gasteiger partial charge is 0.278 e. The molecule has 3 aliphatic heterocycles. The van der Waals surface area contributed by atoms with Gasteiger partial charge in [0.2, 0.25) is 11.6 Å². The van der Waals surface area contributed by atoms with E-state index in [9.17, 15) is 4.79 Å². The first-order valence-electron chi connectivity index (χ1n) is 10.6. The number of guanidine groups is 1. The first-order chi connectivity index (χ1) is 16.1. The topological polar surface area (TPSA) is 96.0 Å². The second kappa shape index (κ2) is 6.23. The molecule has 1 unspecified atom stereocenters. The van der Waals surface area contributed by atoms with Crippen LogP contribution in [0.4, 0.5) is 17.1 Å². The Morgan fingerprint density at radius 3 is 2.61 bits per heavy atom. The zero-order chi connectivity index (χ0) is 22.2. The van der Waals surface area contributed by atoms with Gasteiger partial charge in [-0.1, -0.05) is 54.1 Å². The van der Waals surface area contributed by atoms with Gasteiger partial charge in [-0.2, -0.15) is 4.99 Å². The third-order valence-electron chi connectivity index (χ3n) is 6.19. The molecule has 2 N–H and O–H groups in total. The van der Waals surface area contributed by atoms with Gasteiger partial charge in [0.15, 0.2) is 5.49 Å². The molecule has 0 aliphatic carbocycles. The molecule has 4 heterocycles. The summed E-state index contributed by atoms with van der Waals surface area (Å²) in [6.07, 6.45) is 0. The number of nitrogens with one attached hydrogen (secondary N) is 2. The van der Waals surface area contributed by atoms with Crippen LogP contribution in [0.15, 0.2) is 87.8 Å². The van der Waals surface area contributed by atoms with Crippen LogP contribution in [0.5, 0.6) is 0 Å². The number of imidazole rings is 1. The number of hydrogen-bond acceptors (Lipinski definition) is 6. The Bertz CT molecular complexity index is 1650. The van der Waals surface area contributed by atoms with E-state index in [1.54, 1.807) is 4.57 Å². The Balaban J connectivity index is 1.51. The third-order valence-corrected chi connectivity index (χ3v) is 6.19. The standard InChI is InChI=1S/C25H17N7O/c1-14-10-12-15(13-11-14)26-23-30-24-29-20-16-6-2-4-8-18(16)27-21(20)32(24)25(31-23)17-7-3-5-9-19(17)28-22(25)33/h2-13H,1H3,(H,26,31)(H,28,33). The van der Waals surface area contributed by atoms with Crippen molar-refractivity contribution in [2.45, 2.75) is 12.6 Å². The Morgan fingerprint density at radius 2 is 1.73 bits per heavy atom. The summed E-state index contributed by atoms with van der Waals surface area (Å²) in [7, 11) is 0. The molecule has 1 spiro atoms. The van der Waals surface area contributed by atoms with Crippen LogP contribution in [-0.2, 0) is 10.5 Å². The maximum Gasteiger partial charge on any atom is 0.278 e. The first kappa shape index (κ1) is 18.0. The number of amides is 1. The van der Waals surface area contributed by atoms with Crippen molar-refractivity contribution in [1.29, 1.82) is 0 Å². The molecule has 3 aliphatic rings. The molecule has 33 heavy (non-hydrogen) atoms. The van der Waals surface area contributed by atoms with Gasteiger partial charge in [-0.25, -0.2) is 15.0 Å². The summed E-state index contributed by atoms with van der Waals surface area (Å²) in [5.74, 6) is 0.0459. The number of anilines is 2. The van der Waals surface area contributed by atoms with Gasteiger partial charge in [-0.3, -0.25) is 9.36 Å². The van der Waals surface area contributed by atoms with Crippen molar-refractivity contribution in [3.63, 3.8) is 0 Å². The SMILES string of the molecule is Cc1ccc(NC2=NC3(C(=O)Nc4ccccc43)n3c(nc4c3=Nc3ccccc3-4)=N2)cc1. The van der Waals surface area contributed by atoms with Crippen molar-refractivity contribution in [2.24, 2.45) is 15.0 Å². The highest BCUT2D eigenvalue weighted by atomic mass is 16.2. The summed E-state index contributed by atoms with van der Waals surface area (Å²) < 4.78 is 1.75. The molecule has 0 bridgehead atoms. The molecule has 0 saturated heterocycles. The molecule has 1 atom stereocenters. The molecule has 8 nitrogen and oxygen atoms in total. The monoisotopic (exact) mass is 431 g/mol. The van der Waals surface area contributed by atoms with Crippen LogP contribution >= 0.6 is 0 Å². The fourth-order valence-corrected chi connectivity index (χ4v) is 4.65. The van der Waals surface area contributed by atoms with Crippen LogP contribution in [0.3, 0.4) is 0 Å². The molecule has 8 heteroatoms. The Kier molecular flexibility index (Phi) is 3.40. The maximum atomic E-state index is 13.6. The minimum absolute atomic E-state index is 0.269. The van der Waals surface area contributed by atoms with Gasteiger partial charge < -0.3 is 10.6 Å². The van der Waals surface area contributed by atoms with Crippen LogP contribution in [0.2, 0.25) is 0 Å². The number of para-hydroxylation sites is 2. The quantitative estimate of drug-likeness (QED) is 0.427. The number of fused-ring (bicyclic) bond motifs is 8. The van der Waals surface area contributed by atoms with Crippen LogP contribution < -0.4 is 21.7 Å². The van der Waals surface area contributed by atoms with Gasteiger partial charge in [-0.15, -0.1) is 0 Å². The van der Waals surface area contributed by atoms with Gasteiger partial charge in [0.05, 0.1) is 5.69 Å². The summed E-state index contributed by atoms with van der Waals surface area (Å²) >= 11 is 0. The Morgan fingerprint density at radius 1 is 0.939 bits per heavy atom. The fourth-order valence-electron chi connectivity index (χ4n) is 4.65. The van der Waals surface area contributed by atoms with Crippen molar-refractivity contribution < 1.29 is 4.79 Å². The summed E-state index contributed by atoms with van der Waals surface area (Å²) in [5.41, 5.74) is 5.43. The fraction of sp³-hybridized carbons (Fsp3) is 0.0800. The van der Waals surface area contributed by atoms with E-state index in [2.05, 4.69) is 15.6 Å². The van der Waals surface area contributed by atoms with E-state index < -0.39 is 5.66 Å². The normalized spacial score (nSPS) is 18.9. The van der Waals surface area contributed by atoms with Crippen LogP contribution in [0.25, 0.3) is 11.3 Å². The Labute approximate surface area is 188 Å². The third kappa shape index (κ3) is 2.37. The second-order valence-corrected chi connectivity index (χ2v) is 8.26. The van der Waals surface area contributed by atoms with Gasteiger partial charge in [0.1, 0.15) is 5.69 Å². The van der Waals surface area contributed by atoms with Crippen molar-refractivity contribution in [1.82, 2.24) is 9.55 Å². The molecular weight excluding hydrogens is 414 g/mol. The van der Waals surface area contributed by atoms with Crippen molar-refractivity contribution in [3.05, 3.63) is 95.0 Å². The Hall–Kier alpha value is -4.59. The number of carbonyl (C=O) groups excluding carboxylic acids is 1. The molecular formula is C25H17N7O. The molecule has 4 aromatic rings. The van der Waals surface area contributed by atoms with E-state index in [1.165, 1.54) is 0 Å². The lowest BCUT2D eigenvalue weighted by atomic mass is 10.0. The molecule has 1 amide bonds. The number of carbonyl (C=O) groups is 1. The van der Waals surface area contributed by atoms with Crippen LogP contribution in [-0.4, -0.2) is 21.4 Å². The number of rotatable bonds is 1. The van der Waals surface area contributed by atoms with E-state index in [0.29, 0.717) is 28.4 Å². The van der Waals surface area contributed by atoms with Crippen molar-refractivity contribution in [3.8, 4) is 11.3 Å². The predicted octanol–water partition coefficient (Wildman–Crippen LogP) is 2.88. The van der Waals surface area contributed by atoms with Gasteiger partial charge in [0, 0.05) is 22.5 Å². The maximum absolute atomic E-state index is 13.6. The number of aliphatic imine (C=N–C) groups is 1. The van der Waals surface area contributed by atoms with E-state index >= 15 is 0 Å². The van der Waals surface area contributed by atoms with Gasteiger partial charge in [0.25, 0.3) is 11.6 Å². The lowest BCUT2D eigenvalue weighted by Crippen LogP contribution is -2.53. The summed E-state index contributed by atoms with van der Waals surface area (Å²) in [6.45, 7) is 2.03. The molecule has 0 radical (unpaired) electrons. The average molecular weight is 431 g/mol. The number of aryl methyl sites for hydroxylation is 1. The van der Waals surface area contributed by atoms with E-state index in [1.807, 2.05) is 79.7 Å². The number of benzene rings is 3. The van der Waals surface area contributed by atoms with Gasteiger partial charge in [-0.05, 0) is 31.2 Å². The number of hydrogen-bond donors (Lipinski definition) is 2. The molecule has 3 aromatic carbocycles. The van der Waals surface area contributed by atoms with E-state index in [4.69, 9.17) is 15.0 Å². The average Bonchev–Trinajstić information content (AvgIpc) is 3.44. The highest BCUT2D eigenvalue weighted by Crippen LogP contribution is 2.41. The highest BCUT2D eigenvalue weighted by molar-refractivity contribution is 6.08. The number of aromatic nitrogens is 2. The van der Waals surface area contributed by atoms with Gasteiger partial charge >= 0.3 is 0 Å². The van der Waals surface area contributed by atoms with E-state index in [0.717, 1.165) is 28.1 Å². The largest absolute Gasteiger partial charge is 0.324 e. The second-order valence-electron chi connectivity index (χ2n) is 8.26. The molecule has 0 saturated carbocycles. The summed E-state index contributed by atoms with van der Waals surface area (Å²) in [4.78, 5) is 32.8. The summed E-state index contributed by atoms with van der Waals surface area (Å²) in [5, 5.41) is 6.24. The highest BCUT2D eigenvalue weighted by Gasteiger charge is 2.52. The first-order valence-corrected chi connectivity index (χ1v) is 10.6. The molecule has 0 fully saturated rings. The predicted molar refractivity (Wildman–Crippen MR) is 124 cm³/mol. The lowest BCUT2D eigenvalue weighted by molar-refractivity contribution is -0.121. The zero-order valence-corrected chi connectivity index (χ0v) is 17.6. The van der Waals surface area contributed by atoms with E-state index in [-0.39, 0.29) is 5.91 Å². The number of nitrogens with zero attached hydrogens (tertiary/aromatic N) is 5. The summed E-state index contributed by atoms with van der Waals surface area (Å²) in [6, 6.07) is 23.3. The van der Waals surface area contributed by atoms with Crippen LogP contribution in [0, 0.1) is 6.92 Å². The van der Waals surface area contributed by atoms with Crippen molar-refractivity contribution >= 4 is 28.9 Å². The van der Waals surface area contributed by atoms with Crippen molar-refractivity contribution in [2.75, 3.05) is 10.6 Å². The minimum Gasteiger partial charge on any atom is -0.324 e. The lowest BCUT2D eigenvalue weighted by Gasteiger charge is -2.27.